The van der Waals surface area contributed by atoms with E-state index in [2.05, 4.69) is 19.7 Å². The Labute approximate surface area is 267 Å². The number of piperidine rings is 2. The Kier molecular flexibility index (Phi) is 9.62. The minimum atomic E-state index is -0.253. The van der Waals surface area contributed by atoms with Gasteiger partial charge in [0.25, 0.3) is 5.91 Å². The molecule has 3 aliphatic heterocycles. The summed E-state index contributed by atoms with van der Waals surface area (Å²) in [6.45, 7) is 5.69. The highest BCUT2D eigenvalue weighted by atomic mass is 35.5. The van der Waals surface area contributed by atoms with Crippen LogP contribution in [0.2, 0.25) is 10.0 Å². The van der Waals surface area contributed by atoms with Crippen molar-refractivity contribution in [1.82, 2.24) is 19.7 Å². The van der Waals surface area contributed by atoms with Gasteiger partial charge in [-0.25, -0.2) is 4.39 Å². The van der Waals surface area contributed by atoms with Gasteiger partial charge in [0.2, 0.25) is 0 Å². The third-order valence-corrected chi connectivity index (χ3v) is 9.56. The molecule has 7 rings (SSSR count). The largest absolute Gasteiger partial charge is 0.495 e. The molecule has 4 aromatic rings. The first-order valence-corrected chi connectivity index (χ1v) is 15.9. The number of nitrogens with zero attached hydrogens (tertiary/aromatic N) is 3. The Morgan fingerprint density at radius 2 is 1.70 bits per heavy atom. The van der Waals surface area contributed by atoms with Crippen LogP contribution in [0, 0.1) is 5.82 Å². The van der Waals surface area contributed by atoms with Crippen LogP contribution >= 0.6 is 23.2 Å². The minimum Gasteiger partial charge on any atom is -0.495 e. The lowest BCUT2D eigenvalue weighted by Crippen LogP contribution is -2.63. The monoisotopic (exact) mass is 638 g/mol. The van der Waals surface area contributed by atoms with Crippen molar-refractivity contribution in [2.75, 3.05) is 39.9 Å². The van der Waals surface area contributed by atoms with E-state index in [4.69, 9.17) is 32.7 Å². The number of rotatable bonds is 12. The summed E-state index contributed by atoms with van der Waals surface area (Å²) in [5, 5.41) is 4.85. The molecule has 1 amide bonds. The van der Waals surface area contributed by atoms with Crippen LogP contribution in [-0.2, 0) is 13.1 Å². The summed E-state index contributed by atoms with van der Waals surface area (Å²) >= 11 is 12.2. The van der Waals surface area contributed by atoms with Crippen LogP contribution in [-0.4, -0.2) is 72.3 Å². The van der Waals surface area contributed by atoms with Crippen molar-refractivity contribution in [3.63, 3.8) is 0 Å². The predicted octanol–water partition coefficient (Wildman–Crippen LogP) is 6.64. The molecule has 0 radical (unpaired) electrons. The smallest absolute Gasteiger partial charge is 0.253 e. The molecule has 3 aromatic carbocycles. The predicted molar refractivity (Wildman–Crippen MR) is 173 cm³/mol. The quantitative estimate of drug-likeness (QED) is 0.188. The molecule has 0 aliphatic carbocycles. The summed E-state index contributed by atoms with van der Waals surface area (Å²) in [4.78, 5) is 18.5. The summed E-state index contributed by atoms with van der Waals surface area (Å²) in [5.74, 6) is 1.06. The van der Waals surface area contributed by atoms with Gasteiger partial charge < -0.3 is 19.4 Å². The number of carbonyl (C=O) groups is 1. The van der Waals surface area contributed by atoms with Crippen molar-refractivity contribution in [2.24, 2.45) is 0 Å². The zero-order chi connectivity index (χ0) is 30.6. The lowest BCUT2D eigenvalue weighted by Gasteiger charge is -2.51. The van der Waals surface area contributed by atoms with Crippen LogP contribution in [0.15, 0.2) is 66.9 Å². The van der Waals surface area contributed by atoms with E-state index in [1.165, 1.54) is 25.0 Å². The number of carbonyl (C=O) groups excluding carboxylic acids is 1. The van der Waals surface area contributed by atoms with Gasteiger partial charge >= 0.3 is 0 Å². The Bertz CT molecular complexity index is 1610. The number of methoxy groups -OCH3 is 1. The van der Waals surface area contributed by atoms with E-state index in [1.54, 1.807) is 31.4 Å². The lowest BCUT2D eigenvalue weighted by molar-refractivity contribution is -0.0259. The van der Waals surface area contributed by atoms with E-state index in [0.717, 1.165) is 61.4 Å². The Morgan fingerprint density at radius 1 is 0.955 bits per heavy atom. The number of hydrogen-bond donors (Lipinski definition) is 1. The van der Waals surface area contributed by atoms with Crippen molar-refractivity contribution >= 4 is 40.0 Å². The van der Waals surface area contributed by atoms with Crippen LogP contribution in [0.3, 0.4) is 0 Å². The van der Waals surface area contributed by atoms with Crippen molar-refractivity contribution in [3.05, 3.63) is 93.8 Å². The highest BCUT2D eigenvalue weighted by Gasteiger charge is 2.38. The highest BCUT2D eigenvalue weighted by molar-refractivity contribution is 6.42. The van der Waals surface area contributed by atoms with Gasteiger partial charge in [0.05, 0.1) is 28.2 Å². The number of piperazine rings is 1. The number of hydrogen-bond acceptors (Lipinski definition) is 5. The molecule has 2 bridgehead atoms. The van der Waals surface area contributed by atoms with Gasteiger partial charge in [0, 0.05) is 62.9 Å². The average molecular weight is 640 g/mol. The summed E-state index contributed by atoms with van der Waals surface area (Å²) in [5.41, 5.74) is 2.43. The molecule has 0 saturated carbocycles. The van der Waals surface area contributed by atoms with Crippen LogP contribution < -0.4 is 14.8 Å². The number of halogens is 3. The fraction of sp³-hybridized carbons (Fsp3) is 0.382. The van der Waals surface area contributed by atoms with Gasteiger partial charge in [-0.1, -0.05) is 41.4 Å². The van der Waals surface area contributed by atoms with Gasteiger partial charge in [-0.05, 0) is 67.3 Å². The number of amides is 1. The Hall–Kier alpha value is -3.30. The van der Waals surface area contributed by atoms with Crippen LogP contribution in [0.25, 0.3) is 10.9 Å². The van der Waals surface area contributed by atoms with Gasteiger partial charge in [0.15, 0.2) is 0 Å². The number of ether oxygens (including phenoxy) is 2. The number of aromatic nitrogens is 1. The topological polar surface area (TPSA) is 59.0 Å². The van der Waals surface area contributed by atoms with E-state index in [-0.39, 0.29) is 11.7 Å². The molecule has 44 heavy (non-hydrogen) atoms. The van der Waals surface area contributed by atoms with Crippen molar-refractivity contribution in [3.8, 4) is 11.5 Å². The number of aryl methyl sites for hydroxylation is 1. The molecule has 3 aliphatic rings. The summed E-state index contributed by atoms with van der Waals surface area (Å²) in [6, 6.07) is 18.5. The van der Waals surface area contributed by atoms with Crippen LogP contribution in [0.1, 0.15) is 35.2 Å². The van der Waals surface area contributed by atoms with Crippen LogP contribution in [0.4, 0.5) is 4.39 Å². The number of nitrogens with one attached hydrogen (secondary N) is 1. The van der Waals surface area contributed by atoms with Crippen molar-refractivity contribution in [2.45, 2.75) is 44.4 Å². The average Bonchev–Trinajstić information content (AvgIpc) is 3.42. The van der Waals surface area contributed by atoms with E-state index in [9.17, 15) is 9.18 Å². The summed E-state index contributed by atoms with van der Waals surface area (Å²) in [6.07, 6.45) is 5.33. The maximum absolute atomic E-state index is 13.3. The molecule has 3 fully saturated rings. The molecule has 4 heterocycles. The third-order valence-electron chi connectivity index (χ3n) is 8.82. The Balaban J connectivity index is 1.05. The number of fused-ring (bicyclic) bond motifs is 4. The third kappa shape index (κ3) is 6.84. The fourth-order valence-electron chi connectivity index (χ4n) is 6.58. The molecule has 232 valence electrons. The lowest BCUT2D eigenvalue weighted by atomic mass is 9.90. The second-order valence-electron chi connectivity index (χ2n) is 11.6. The van der Waals surface area contributed by atoms with Gasteiger partial charge in [-0.15, -0.1) is 0 Å². The first-order chi connectivity index (χ1) is 21.4. The van der Waals surface area contributed by atoms with E-state index in [0.29, 0.717) is 46.6 Å². The first-order valence-electron chi connectivity index (χ1n) is 15.1. The zero-order valence-electron chi connectivity index (χ0n) is 24.8. The Morgan fingerprint density at radius 3 is 2.41 bits per heavy atom. The second-order valence-corrected chi connectivity index (χ2v) is 12.4. The highest BCUT2D eigenvalue weighted by Crippen LogP contribution is 2.32. The van der Waals surface area contributed by atoms with E-state index < -0.39 is 0 Å². The second kappa shape index (κ2) is 13.8. The number of para-hydroxylation sites is 1. The molecule has 0 unspecified atom stereocenters. The van der Waals surface area contributed by atoms with Gasteiger partial charge in [0.1, 0.15) is 23.9 Å². The summed E-state index contributed by atoms with van der Waals surface area (Å²) in [7, 11) is 1.66. The molecular weight excluding hydrogens is 602 g/mol. The molecule has 0 spiro atoms. The molecular formula is C34H37Cl2FN4O3. The van der Waals surface area contributed by atoms with Crippen molar-refractivity contribution in [1.29, 1.82) is 0 Å². The fourth-order valence-corrected chi connectivity index (χ4v) is 6.90. The van der Waals surface area contributed by atoms with E-state index >= 15 is 0 Å². The van der Waals surface area contributed by atoms with Crippen LogP contribution in [0.5, 0.6) is 11.5 Å². The summed E-state index contributed by atoms with van der Waals surface area (Å²) < 4.78 is 26.9. The molecule has 3 saturated heterocycles. The molecule has 1 aromatic heterocycles. The standard InChI is InChI=1S/C34H37Cl2FN4O3/c1-43-32-5-2-4-28-29(34(42)38-19-23-6-13-30(35)31(36)18-23)22-41(33(28)32)15-3-14-39-20-26-10-9-25(39)21-40(26)16-17-44-27-11-7-24(37)8-12-27/h2,4-8,11-13,18,22,25-26H,3,9-10,14-17,19-21H2,1H3,(H,38,42)/t25-,26-/m1/s1. The normalized spacial score (nSPS) is 18.5. The molecule has 1 N–H and O–H groups in total. The van der Waals surface area contributed by atoms with Gasteiger partial charge in [-0.2, -0.15) is 0 Å². The first kappa shape index (κ1) is 30.7. The van der Waals surface area contributed by atoms with Gasteiger partial charge in [-0.3, -0.25) is 14.6 Å². The van der Waals surface area contributed by atoms with E-state index in [1.807, 2.05) is 30.5 Å². The SMILES string of the molecule is COc1cccc2c(C(=O)NCc3ccc(Cl)c(Cl)c3)cn(CCCN3C[C@H]4CC[C@@H]3CN4CCOc3ccc(F)cc3)c12. The van der Waals surface area contributed by atoms with Crippen molar-refractivity contribution < 1.29 is 18.7 Å². The molecule has 2 atom stereocenters. The minimum absolute atomic E-state index is 0.148. The molecule has 10 heteroatoms. The number of benzene rings is 3. The zero-order valence-corrected chi connectivity index (χ0v) is 26.3. The maximum Gasteiger partial charge on any atom is 0.253 e. The molecule has 7 nitrogen and oxygen atoms in total. The maximum atomic E-state index is 13.3.